The average molecular weight is 235 g/mol. The van der Waals surface area contributed by atoms with E-state index in [9.17, 15) is 0 Å². The van der Waals surface area contributed by atoms with Crippen molar-refractivity contribution in [1.82, 2.24) is 0 Å². The van der Waals surface area contributed by atoms with Crippen molar-refractivity contribution in [2.24, 2.45) is 11.1 Å². The summed E-state index contributed by atoms with van der Waals surface area (Å²) in [6.07, 6.45) is 0. The molecule has 1 rings (SSSR count). The summed E-state index contributed by atoms with van der Waals surface area (Å²) in [4.78, 5) is 0. The van der Waals surface area contributed by atoms with Crippen LogP contribution in [0.15, 0.2) is 24.3 Å². The quantitative estimate of drug-likeness (QED) is 0.866. The lowest BCUT2D eigenvalue weighted by atomic mass is 9.88. The minimum absolute atomic E-state index is 0.0484. The summed E-state index contributed by atoms with van der Waals surface area (Å²) >= 11 is 0. The minimum atomic E-state index is 0.0484. The first-order valence-electron chi connectivity index (χ1n) is 6.29. The fraction of sp³-hybridized carbons (Fsp3) is 0.600. The number of benzene rings is 1. The van der Waals surface area contributed by atoms with Crippen LogP contribution >= 0.6 is 0 Å². The van der Waals surface area contributed by atoms with Gasteiger partial charge in [-0.2, -0.15) is 0 Å². The third kappa shape index (κ3) is 4.39. The van der Waals surface area contributed by atoms with Crippen LogP contribution in [-0.2, 0) is 0 Å². The predicted molar refractivity (Wildman–Crippen MR) is 73.5 cm³/mol. The number of rotatable bonds is 4. The maximum atomic E-state index is 6.05. The molecular formula is C15H25NO. The van der Waals surface area contributed by atoms with Gasteiger partial charge in [0, 0.05) is 6.04 Å². The molecule has 0 aliphatic carbocycles. The van der Waals surface area contributed by atoms with Crippen LogP contribution in [0.25, 0.3) is 0 Å². The van der Waals surface area contributed by atoms with E-state index < -0.39 is 0 Å². The second kappa shape index (κ2) is 5.54. The molecule has 17 heavy (non-hydrogen) atoms. The molecule has 0 fully saturated rings. The molecule has 0 spiro atoms. The maximum absolute atomic E-state index is 6.05. The normalized spacial score (nSPS) is 13.8. The Bertz CT molecular complexity index is 335. The number of hydrogen-bond acceptors (Lipinski definition) is 2. The van der Waals surface area contributed by atoms with E-state index in [2.05, 4.69) is 46.8 Å². The highest BCUT2D eigenvalue weighted by atomic mass is 16.5. The first-order valence-corrected chi connectivity index (χ1v) is 6.29. The summed E-state index contributed by atoms with van der Waals surface area (Å²) in [5.74, 6) is 1.45. The van der Waals surface area contributed by atoms with E-state index in [4.69, 9.17) is 10.5 Å². The summed E-state index contributed by atoms with van der Waals surface area (Å²) in [6, 6.07) is 8.31. The summed E-state index contributed by atoms with van der Waals surface area (Å²) < 4.78 is 5.70. The van der Waals surface area contributed by atoms with E-state index in [1.807, 2.05) is 12.1 Å². The molecule has 96 valence electrons. The fourth-order valence-corrected chi connectivity index (χ4v) is 1.38. The molecule has 0 heterocycles. The Morgan fingerprint density at radius 1 is 1.12 bits per heavy atom. The predicted octanol–water partition coefficient (Wildman–Crippen LogP) is 3.56. The van der Waals surface area contributed by atoms with Crippen molar-refractivity contribution >= 4 is 0 Å². The van der Waals surface area contributed by atoms with Crippen LogP contribution in [0.1, 0.15) is 46.1 Å². The number of hydrogen-bond donors (Lipinski definition) is 1. The standard InChI is InChI=1S/C15H25NO/c1-11(2)12-6-8-13(9-7-12)17-10-14(16)15(3,4)5/h6-9,11,14H,10,16H2,1-5H3. The van der Waals surface area contributed by atoms with Crippen LogP contribution in [0.3, 0.4) is 0 Å². The van der Waals surface area contributed by atoms with Gasteiger partial charge >= 0.3 is 0 Å². The molecule has 0 aliphatic rings. The van der Waals surface area contributed by atoms with Crippen molar-refractivity contribution in [3.63, 3.8) is 0 Å². The molecule has 1 aromatic carbocycles. The van der Waals surface area contributed by atoms with E-state index in [0.717, 1.165) is 5.75 Å². The van der Waals surface area contributed by atoms with E-state index in [1.165, 1.54) is 5.56 Å². The van der Waals surface area contributed by atoms with Crippen molar-refractivity contribution in [3.8, 4) is 5.75 Å². The van der Waals surface area contributed by atoms with Gasteiger partial charge in [0.05, 0.1) is 0 Å². The molecule has 0 amide bonds. The van der Waals surface area contributed by atoms with E-state index in [1.54, 1.807) is 0 Å². The molecular weight excluding hydrogens is 210 g/mol. The highest BCUT2D eigenvalue weighted by Gasteiger charge is 2.20. The van der Waals surface area contributed by atoms with Gasteiger partial charge in [-0.15, -0.1) is 0 Å². The first-order chi connectivity index (χ1) is 7.80. The van der Waals surface area contributed by atoms with Gasteiger partial charge in [0.2, 0.25) is 0 Å². The molecule has 0 radical (unpaired) electrons. The Morgan fingerprint density at radius 3 is 2.06 bits per heavy atom. The smallest absolute Gasteiger partial charge is 0.119 e. The monoisotopic (exact) mass is 235 g/mol. The van der Waals surface area contributed by atoms with Crippen LogP contribution in [-0.4, -0.2) is 12.6 Å². The first kappa shape index (κ1) is 14.0. The second-order valence-electron chi connectivity index (χ2n) is 6.01. The molecule has 2 N–H and O–H groups in total. The second-order valence-corrected chi connectivity index (χ2v) is 6.01. The van der Waals surface area contributed by atoms with Gasteiger partial charge in [0.15, 0.2) is 0 Å². The molecule has 0 bridgehead atoms. The largest absolute Gasteiger partial charge is 0.492 e. The molecule has 2 heteroatoms. The van der Waals surface area contributed by atoms with Crippen molar-refractivity contribution in [2.45, 2.75) is 46.6 Å². The summed E-state index contributed by atoms with van der Waals surface area (Å²) in [5.41, 5.74) is 7.46. The van der Waals surface area contributed by atoms with Gasteiger partial charge in [-0.05, 0) is 29.0 Å². The topological polar surface area (TPSA) is 35.2 Å². The zero-order chi connectivity index (χ0) is 13.1. The molecule has 1 unspecified atom stereocenters. The molecule has 0 saturated heterocycles. The highest BCUT2D eigenvalue weighted by molar-refractivity contribution is 5.28. The number of nitrogens with two attached hydrogens (primary N) is 1. The molecule has 0 saturated carbocycles. The van der Waals surface area contributed by atoms with Crippen molar-refractivity contribution in [2.75, 3.05) is 6.61 Å². The third-order valence-electron chi connectivity index (χ3n) is 3.09. The van der Waals surface area contributed by atoms with E-state index in [0.29, 0.717) is 12.5 Å². The summed E-state index contributed by atoms with van der Waals surface area (Å²) in [7, 11) is 0. The summed E-state index contributed by atoms with van der Waals surface area (Å²) in [5, 5.41) is 0. The highest BCUT2D eigenvalue weighted by Crippen LogP contribution is 2.21. The SMILES string of the molecule is CC(C)c1ccc(OCC(N)C(C)(C)C)cc1. The van der Waals surface area contributed by atoms with E-state index >= 15 is 0 Å². The van der Waals surface area contributed by atoms with Crippen molar-refractivity contribution in [1.29, 1.82) is 0 Å². The van der Waals surface area contributed by atoms with E-state index in [-0.39, 0.29) is 11.5 Å². The lowest BCUT2D eigenvalue weighted by Gasteiger charge is -2.26. The van der Waals surface area contributed by atoms with Gasteiger partial charge in [0.25, 0.3) is 0 Å². The Balaban J connectivity index is 2.53. The lowest BCUT2D eigenvalue weighted by Crippen LogP contribution is -2.40. The van der Waals surface area contributed by atoms with Crippen molar-refractivity contribution in [3.05, 3.63) is 29.8 Å². The van der Waals surface area contributed by atoms with Crippen LogP contribution in [0.4, 0.5) is 0 Å². The van der Waals surface area contributed by atoms with Crippen molar-refractivity contribution < 1.29 is 4.74 Å². The number of ether oxygens (including phenoxy) is 1. The van der Waals surface area contributed by atoms with Gasteiger partial charge in [-0.3, -0.25) is 0 Å². The van der Waals surface area contributed by atoms with Gasteiger partial charge in [-0.25, -0.2) is 0 Å². The Kier molecular flexibility index (Phi) is 4.58. The third-order valence-corrected chi connectivity index (χ3v) is 3.09. The van der Waals surface area contributed by atoms with Crippen LogP contribution in [0, 0.1) is 5.41 Å². The molecule has 1 aromatic rings. The average Bonchev–Trinajstić information content (AvgIpc) is 2.25. The van der Waals surface area contributed by atoms with Crippen LogP contribution in [0.5, 0.6) is 5.75 Å². The lowest BCUT2D eigenvalue weighted by molar-refractivity contribution is 0.205. The maximum Gasteiger partial charge on any atom is 0.119 e. The van der Waals surface area contributed by atoms with Crippen LogP contribution < -0.4 is 10.5 Å². The Labute approximate surface area is 105 Å². The molecule has 0 aromatic heterocycles. The van der Waals surface area contributed by atoms with Crippen LogP contribution in [0.2, 0.25) is 0 Å². The zero-order valence-electron chi connectivity index (χ0n) is 11.7. The zero-order valence-corrected chi connectivity index (χ0v) is 11.7. The van der Waals surface area contributed by atoms with Gasteiger partial charge in [-0.1, -0.05) is 46.8 Å². The van der Waals surface area contributed by atoms with Gasteiger partial charge in [0.1, 0.15) is 12.4 Å². The Hall–Kier alpha value is -1.02. The minimum Gasteiger partial charge on any atom is -0.492 e. The molecule has 1 atom stereocenters. The molecule has 0 aliphatic heterocycles. The van der Waals surface area contributed by atoms with Gasteiger partial charge < -0.3 is 10.5 Å². The molecule has 2 nitrogen and oxygen atoms in total. The fourth-order valence-electron chi connectivity index (χ4n) is 1.38. The Morgan fingerprint density at radius 2 is 1.65 bits per heavy atom. The summed E-state index contributed by atoms with van der Waals surface area (Å²) in [6.45, 7) is 11.3.